The number of carbonyl (C=O) groups excluding carboxylic acids is 3. The Morgan fingerprint density at radius 3 is 2.56 bits per heavy atom. The Balaban J connectivity index is 1.83. The summed E-state index contributed by atoms with van der Waals surface area (Å²) < 4.78 is 21.4. The number of methoxy groups -OCH3 is 1. The van der Waals surface area contributed by atoms with E-state index in [1.807, 2.05) is 0 Å². The van der Waals surface area contributed by atoms with Gasteiger partial charge in [0, 0.05) is 41.5 Å². The molecule has 36 heavy (non-hydrogen) atoms. The number of nitro groups is 1. The van der Waals surface area contributed by atoms with Gasteiger partial charge in [-0.3, -0.25) is 29.5 Å². The molecule has 0 bridgehead atoms. The van der Waals surface area contributed by atoms with Gasteiger partial charge >= 0.3 is 11.9 Å². The molecule has 6 atom stereocenters. The minimum atomic E-state index is -2.21. The van der Waals surface area contributed by atoms with E-state index in [4.69, 9.17) is 18.9 Å². The number of benzene rings is 1. The highest BCUT2D eigenvalue weighted by Crippen LogP contribution is 2.46. The summed E-state index contributed by atoms with van der Waals surface area (Å²) >= 11 is 0. The molecule has 1 N–H and O–H groups in total. The summed E-state index contributed by atoms with van der Waals surface area (Å²) in [6.07, 6.45) is -2.87. The lowest BCUT2D eigenvalue weighted by Gasteiger charge is -2.35. The second-order valence-corrected chi connectivity index (χ2v) is 8.98. The number of rotatable bonds is 6. The normalized spacial score (nSPS) is 31.5. The van der Waals surface area contributed by atoms with Crippen molar-refractivity contribution in [3.05, 3.63) is 51.2 Å². The van der Waals surface area contributed by atoms with E-state index in [1.165, 1.54) is 39.2 Å². The second-order valence-electron chi connectivity index (χ2n) is 8.98. The highest BCUT2D eigenvalue weighted by molar-refractivity contribution is 6.11. The molecule has 2 saturated heterocycles. The van der Waals surface area contributed by atoms with E-state index in [-0.39, 0.29) is 29.1 Å². The SMILES string of the molecule is COC(=O)C1C(C)=NC(C)=C(C(=O)[C@@]2(O)CO[C@@H]3[C@@H](OC(C)=O)CO[C@@H]32)C1c1ccccc1[N+](=O)[O-]. The van der Waals surface area contributed by atoms with E-state index in [9.17, 15) is 29.6 Å². The first kappa shape index (κ1) is 25.6. The van der Waals surface area contributed by atoms with Gasteiger partial charge in [-0.1, -0.05) is 18.2 Å². The number of allylic oxidation sites excluding steroid dienone is 1. The van der Waals surface area contributed by atoms with Gasteiger partial charge in [-0.25, -0.2) is 0 Å². The van der Waals surface area contributed by atoms with Crippen molar-refractivity contribution in [1.29, 1.82) is 0 Å². The van der Waals surface area contributed by atoms with Gasteiger partial charge in [-0.05, 0) is 13.8 Å². The van der Waals surface area contributed by atoms with Crippen molar-refractivity contribution in [1.82, 2.24) is 0 Å². The number of ketones is 1. The van der Waals surface area contributed by atoms with Crippen molar-refractivity contribution in [2.24, 2.45) is 10.9 Å². The molecule has 4 rings (SSSR count). The Hall–Kier alpha value is -3.48. The maximum atomic E-state index is 14.1. The van der Waals surface area contributed by atoms with Gasteiger partial charge in [0.25, 0.3) is 5.69 Å². The molecule has 12 nitrogen and oxygen atoms in total. The number of hydrogen-bond acceptors (Lipinski definition) is 11. The first-order valence-corrected chi connectivity index (χ1v) is 11.3. The van der Waals surface area contributed by atoms with Crippen molar-refractivity contribution in [3.63, 3.8) is 0 Å². The van der Waals surface area contributed by atoms with Gasteiger partial charge in [0.05, 0.1) is 25.2 Å². The van der Waals surface area contributed by atoms with Crippen LogP contribution in [0.4, 0.5) is 5.69 Å². The maximum Gasteiger partial charge on any atom is 0.315 e. The van der Waals surface area contributed by atoms with Gasteiger partial charge in [0.2, 0.25) is 0 Å². The lowest BCUT2D eigenvalue weighted by molar-refractivity contribution is -0.385. The van der Waals surface area contributed by atoms with E-state index < -0.39 is 65.0 Å². The quantitative estimate of drug-likeness (QED) is 0.340. The summed E-state index contributed by atoms with van der Waals surface area (Å²) in [6.45, 7) is 3.77. The average molecular weight is 502 g/mol. The van der Waals surface area contributed by atoms with Crippen LogP contribution in [0.5, 0.6) is 0 Å². The van der Waals surface area contributed by atoms with Gasteiger partial charge in [-0.2, -0.15) is 0 Å². The highest BCUT2D eigenvalue weighted by atomic mass is 16.6. The zero-order valence-electron chi connectivity index (χ0n) is 20.1. The molecule has 1 aromatic carbocycles. The molecule has 3 aliphatic heterocycles. The first-order chi connectivity index (χ1) is 17.0. The monoisotopic (exact) mass is 502 g/mol. The van der Waals surface area contributed by atoms with Crippen molar-refractivity contribution in [2.75, 3.05) is 20.3 Å². The number of aliphatic hydroxyl groups is 1. The minimum absolute atomic E-state index is 0.0852. The molecule has 0 saturated carbocycles. The van der Waals surface area contributed by atoms with Crippen LogP contribution in [-0.2, 0) is 33.3 Å². The summed E-state index contributed by atoms with van der Waals surface area (Å²) in [6, 6.07) is 5.76. The second kappa shape index (κ2) is 9.52. The van der Waals surface area contributed by atoms with E-state index in [1.54, 1.807) is 13.0 Å². The molecule has 0 radical (unpaired) electrons. The summed E-state index contributed by atoms with van der Waals surface area (Å²) in [7, 11) is 1.17. The molecule has 0 aliphatic carbocycles. The number of ether oxygens (including phenoxy) is 4. The van der Waals surface area contributed by atoms with Gasteiger partial charge < -0.3 is 24.1 Å². The summed E-state index contributed by atoms with van der Waals surface area (Å²) in [5, 5.41) is 23.4. The van der Waals surface area contributed by atoms with Crippen LogP contribution >= 0.6 is 0 Å². The molecule has 1 aromatic rings. The zero-order valence-corrected chi connectivity index (χ0v) is 20.1. The van der Waals surface area contributed by atoms with Gasteiger partial charge in [-0.15, -0.1) is 0 Å². The number of carbonyl (C=O) groups is 3. The predicted molar refractivity (Wildman–Crippen MR) is 122 cm³/mol. The van der Waals surface area contributed by atoms with Crippen LogP contribution in [0.1, 0.15) is 32.3 Å². The van der Waals surface area contributed by atoms with Crippen LogP contribution in [0, 0.1) is 16.0 Å². The molecular formula is C24H26N2O10. The highest BCUT2D eigenvalue weighted by Gasteiger charge is 2.62. The molecule has 192 valence electrons. The van der Waals surface area contributed by atoms with Crippen LogP contribution in [0.25, 0.3) is 0 Å². The fourth-order valence-corrected chi connectivity index (χ4v) is 5.25. The van der Waals surface area contributed by atoms with Crippen LogP contribution in [0.15, 0.2) is 40.5 Å². The topological polar surface area (TPSA) is 164 Å². The zero-order chi connectivity index (χ0) is 26.4. The number of esters is 2. The number of nitro benzene ring substituents is 1. The van der Waals surface area contributed by atoms with Crippen LogP contribution in [-0.4, -0.2) is 77.7 Å². The summed E-state index contributed by atoms with van der Waals surface area (Å²) in [5.74, 6) is -4.47. The van der Waals surface area contributed by atoms with Crippen molar-refractivity contribution >= 4 is 29.1 Å². The van der Waals surface area contributed by atoms with Crippen molar-refractivity contribution in [2.45, 2.75) is 50.6 Å². The Bertz CT molecular complexity index is 1190. The molecule has 3 heterocycles. The maximum absolute atomic E-state index is 14.1. The molecule has 0 spiro atoms. The van der Waals surface area contributed by atoms with E-state index >= 15 is 0 Å². The number of nitrogens with zero attached hydrogens (tertiary/aromatic N) is 2. The number of aliphatic imine (C=N–C) groups is 1. The number of fused-ring (bicyclic) bond motifs is 1. The van der Waals surface area contributed by atoms with Crippen LogP contribution < -0.4 is 0 Å². The fourth-order valence-electron chi connectivity index (χ4n) is 5.25. The number of para-hydroxylation sites is 1. The third-order valence-electron chi connectivity index (χ3n) is 6.78. The molecule has 2 unspecified atom stereocenters. The Morgan fingerprint density at radius 1 is 1.22 bits per heavy atom. The Morgan fingerprint density at radius 2 is 1.92 bits per heavy atom. The summed E-state index contributed by atoms with van der Waals surface area (Å²) in [5.41, 5.74) is -2.01. The van der Waals surface area contributed by atoms with E-state index in [0.29, 0.717) is 5.71 Å². The largest absolute Gasteiger partial charge is 0.468 e. The standard InChI is InChI=1S/C24H26N2O10/c1-11-17(21(28)24(30)10-35-20-16(36-13(3)27)9-34-22(20)24)19(18(12(2)25-11)23(29)33-4)14-7-5-6-8-15(14)26(31)32/h5-8,16,18-20,22,30H,9-10H2,1-4H3/t16-,18?,19?,20+,22-,24-/m0/s1. The minimum Gasteiger partial charge on any atom is -0.468 e. The molecule has 2 fully saturated rings. The van der Waals surface area contributed by atoms with Crippen molar-refractivity contribution < 1.29 is 43.4 Å². The fraction of sp³-hybridized carbons (Fsp3) is 0.500. The Kier molecular flexibility index (Phi) is 6.78. The Labute approximate surface area is 206 Å². The molecular weight excluding hydrogens is 476 g/mol. The van der Waals surface area contributed by atoms with Crippen molar-refractivity contribution in [3.8, 4) is 0 Å². The molecule has 12 heteroatoms. The smallest absolute Gasteiger partial charge is 0.315 e. The predicted octanol–water partition coefficient (Wildman–Crippen LogP) is 1.25. The average Bonchev–Trinajstić information content (AvgIpc) is 3.39. The number of Topliss-reactive ketones (excluding diaryl/α,β-unsaturated/α-hetero) is 1. The molecule has 0 amide bonds. The van der Waals surface area contributed by atoms with E-state index in [2.05, 4.69) is 4.99 Å². The lowest BCUT2D eigenvalue weighted by atomic mass is 9.71. The summed E-state index contributed by atoms with van der Waals surface area (Å²) in [4.78, 5) is 54.0. The molecule has 0 aromatic heterocycles. The van der Waals surface area contributed by atoms with Gasteiger partial charge in [0.15, 0.2) is 17.5 Å². The van der Waals surface area contributed by atoms with Crippen LogP contribution in [0.2, 0.25) is 0 Å². The first-order valence-electron chi connectivity index (χ1n) is 11.3. The number of hydrogen-bond donors (Lipinski definition) is 1. The third kappa shape index (κ3) is 4.10. The lowest BCUT2D eigenvalue weighted by Crippen LogP contribution is -2.53. The third-order valence-corrected chi connectivity index (χ3v) is 6.78. The van der Waals surface area contributed by atoms with Crippen LogP contribution in [0.3, 0.4) is 0 Å². The molecule has 3 aliphatic rings. The van der Waals surface area contributed by atoms with Gasteiger partial charge in [0.1, 0.15) is 18.1 Å². The van der Waals surface area contributed by atoms with E-state index in [0.717, 1.165) is 0 Å².